The summed E-state index contributed by atoms with van der Waals surface area (Å²) in [7, 11) is 7.61. The molecule has 0 unspecified atom stereocenters. The number of anilines is 1. The molecule has 4 aromatic rings. The van der Waals surface area contributed by atoms with Gasteiger partial charge in [-0.1, -0.05) is 6.07 Å². The van der Waals surface area contributed by atoms with Gasteiger partial charge in [0, 0.05) is 50.4 Å². The molecule has 6 nitrogen and oxygen atoms in total. The normalized spacial score (nSPS) is 11.3. The van der Waals surface area contributed by atoms with Crippen molar-refractivity contribution in [2.75, 3.05) is 26.0 Å². The maximum Gasteiger partial charge on any atom is 0.183 e. The average Bonchev–Trinajstić information content (AvgIpc) is 3.20. The fraction of sp³-hybridized carbons (Fsp3) is 0.182. The molecular weight excluding hydrogens is 414 g/mol. The minimum Gasteiger partial charge on any atom is -0.453 e. The van der Waals surface area contributed by atoms with Gasteiger partial charge in [-0.05, 0) is 29.8 Å². The molecule has 0 aliphatic rings. The Morgan fingerprint density at radius 2 is 2.00 bits per heavy atom. The number of benzene rings is 1. The Bertz CT molecular complexity index is 1190. The largest absolute Gasteiger partial charge is 0.453 e. The van der Waals surface area contributed by atoms with Crippen molar-refractivity contribution in [2.45, 2.75) is 6.54 Å². The third-order valence-electron chi connectivity index (χ3n) is 4.60. The quantitative estimate of drug-likeness (QED) is 0.327. The van der Waals surface area contributed by atoms with Crippen LogP contribution in [0.4, 0.5) is 10.1 Å². The summed E-state index contributed by atoms with van der Waals surface area (Å²) in [6.07, 6.45) is 3.44. The van der Waals surface area contributed by atoms with Crippen LogP contribution < -0.4 is 10.5 Å². The van der Waals surface area contributed by atoms with E-state index < -0.39 is 5.82 Å². The van der Waals surface area contributed by atoms with E-state index in [9.17, 15) is 4.39 Å². The van der Waals surface area contributed by atoms with Crippen molar-refractivity contribution in [3.63, 3.8) is 0 Å². The average molecular weight is 434 g/mol. The van der Waals surface area contributed by atoms with Crippen LogP contribution >= 0.6 is 11.3 Å². The second-order valence-electron chi connectivity index (χ2n) is 6.94. The lowest BCUT2D eigenvalue weighted by atomic mass is 10.2. The molecule has 0 aliphatic carbocycles. The monoisotopic (exact) mass is 434 g/mol. The molecule has 4 rings (SSSR count). The summed E-state index contributed by atoms with van der Waals surface area (Å²) in [5, 5.41) is 0. The van der Waals surface area contributed by atoms with Crippen molar-refractivity contribution in [2.24, 2.45) is 0 Å². The Balaban J connectivity index is 1.56. The maximum absolute atomic E-state index is 14.2. The van der Waals surface area contributed by atoms with E-state index in [0.29, 0.717) is 31.1 Å². The standard InChI is InChI=1S/C22H20BFN4O2S/c1-29-9-8-28(23)13-14-2-4-17(27-12-14)21-11-18-22(31-21)20(6-7-26-18)30-19-5-3-15(25)10-16(19)24/h2-7,10-12H,8-9,13,25H2,1H3. The van der Waals surface area contributed by atoms with E-state index in [-0.39, 0.29) is 5.75 Å². The van der Waals surface area contributed by atoms with Crippen molar-refractivity contribution >= 4 is 35.2 Å². The van der Waals surface area contributed by atoms with Crippen molar-refractivity contribution in [3.05, 3.63) is 66.2 Å². The van der Waals surface area contributed by atoms with E-state index in [1.165, 1.54) is 23.5 Å². The lowest BCUT2D eigenvalue weighted by Gasteiger charge is -2.16. The van der Waals surface area contributed by atoms with Crippen LogP contribution in [0.5, 0.6) is 11.5 Å². The zero-order chi connectivity index (χ0) is 21.8. The molecule has 0 saturated heterocycles. The molecule has 2 radical (unpaired) electrons. The number of hydrogen-bond donors (Lipinski definition) is 1. The number of hydrogen-bond acceptors (Lipinski definition) is 7. The number of rotatable bonds is 8. The van der Waals surface area contributed by atoms with Gasteiger partial charge in [0.05, 0.1) is 27.4 Å². The van der Waals surface area contributed by atoms with Gasteiger partial charge in [-0.25, -0.2) is 4.39 Å². The molecule has 2 N–H and O–H groups in total. The zero-order valence-corrected chi connectivity index (χ0v) is 17.7. The van der Waals surface area contributed by atoms with Gasteiger partial charge in [0.1, 0.15) is 5.75 Å². The second-order valence-corrected chi connectivity index (χ2v) is 7.99. The highest BCUT2D eigenvalue weighted by Gasteiger charge is 2.13. The summed E-state index contributed by atoms with van der Waals surface area (Å²) in [5.41, 5.74) is 8.53. The SMILES string of the molecule is [B]N(CCOC)Cc1ccc(-c2cc3nccc(Oc4ccc(N)cc4F)c3s2)nc1. The number of ether oxygens (including phenoxy) is 2. The van der Waals surface area contributed by atoms with E-state index in [1.54, 1.807) is 36.4 Å². The molecule has 0 atom stereocenters. The summed E-state index contributed by atoms with van der Waals surface area (Å²) in [4.78, 5) is 11.6. The first-order valence-electron chi connectivity index (χ1n) is 9.59. The summed E-state index contributed by atoms with van der Waals surface area (Å²) < 4.78 is 25.8. The molecule has 3 aromatic heterocycles. The third kappa shape index (κ3) is 5.01. The number of fused-ring (bicyclic) bond motifs is 1. The van der Waals surface area contributed by atoms with E-state index in [1.807, 2.05) is 18.2 Å². The molecule has 9 heteroatoms. The predicted molar refractivity (Wildman–Crippen MR) is 122 cm³/mol. The number of methoxy groups -OCH3 is 1. The third-order valence-corrected chi connectivity index (χ3v) is 5.76. The van der Waals surface area contributed by atoms with Gasteiger partial charge in [-0.2, -0.15) is 0 Å². The fourth-order valence-corrected chi connectivity index (χ4v) is 4.07. The van der Waals surface area contributed by atoms with Gasteiger partial charge in [-0.15, -0.1) is 11.3 Å². The lowest BCUT2D eigenvalue weighted by molar-refractivity contribution is 0.179. The number of pyridine rings is 2. The van der Waals surface area contributed by atoms with Crippen LogP contribution in [-0.4, -0.2) is 43.0 Å². The van der Waals surface area contributed by atoms with Crippen molar-refractivity contribution in [1.29, 1.82) is 0 Å². The Labute approximate surface area is 184 Å². The van der Waals surface area contributed by atoms with Crippen LogP contribution in [0.15, 0.2) is 54.9 Å². The van der Waals surface area contributed by atoms with E-state index in [4.69, 9.17) is 23.2 Å². The number of thiophene rings is 1. The van der Waals surface area contributed by atoms with Gasteiger partial charge >= 0.3 is 0 Å². The van der Waals surface area contributed by atoms with Crippen LogP contribution in [0.1, 0.15) is 5.56 Å². The molecule has 1 aromatic carbocycles. The number of nitrogens with two attached hydrogens (primary N) is 1. The van der Waals surface area contributed by atoms with Gasteiger partial charge in [-0.3, -0.25) is 9.97 Å². The highest BCUT2D eigenvalue weighted by molar-refractivity contribution is 7.22. The van der Waals surface area contributed by atoms with Crippen LogP contribution in [0.3, 0.4) is 0 Å². The molecule has 0 bridgehead atoms. The highest BCUT2D eigenvalue weighted by atomic mass is 32.1. The maximum atomic E-state index is 14.2. The van der Waals surface area contributed by atoms with Crippen LogP contribution in [0, 0.1) is 5.82 Å². The van der Waals surface area contributed by atoms with Gasteiger partial charge in [0.2, 0.25) is 0 Å². The van der Waals surface area contributed by atoms with Crippen molar-refractivity contribution in [1.82, 2.24) is 14.8 Å². The summed E-state index contributed by atoms with van der Waals surface area (Å²) >= 11 is 1.49. The summed E-state index contributed by atoms with van der Waals surface area (Å²) in [5.74, 6) is 0.121. The summed E-state index contributed by atoms with van der Waals surface area (Å²) in [6.45, 7) is 1.79. The van der Waals surface area contributed by atoms with E-state index >= 15 is 0 Å². The summed E-state index contributed by atoms with van der Waals surface area (Å²) in [6, 6.07) is 11.9. The Kier molecular flexibility index (Phi) is 6.46. The first-order chi connectivity index (χ1) is 15.0. The first-order valence-corrected chi connectivity index (χ1v) is 10.4. The highest BCUT2D eigenvalue weighted by Crippen LogP contribution is 2.39. The molecule has 3 heterocycles. The predicted octanol–water partition coefficient (Wildman–Crippen LogP) is 4.40. The molecular formula is C22H20BFN4O2S. The molecule has 31 heavy (non-hydrogen) atoms. The number of nitrogens with zero attached hydrogens (tertiary/aromatic N) is 3. The Hall–Kier alpha value is -3.01. The van der Waals surface area contributed by atoms with E-state index in [0.717, 1.165) is 26.4 Å². The minimum absolute atomic E-state index is 0.110. The minimum atomic E-state index is -0.515. The number of aromatic nitrogens is 2. The van der Waals surface area contributed by atoms with Gasteiger partial charge in [0.15, 0.2) is 19.5 Å². The molecule has 0 amide bonds. The van der Waals surface area contributed by atoms with Crippen molar-refractivity contribution in [3.8, 4) is 22.1 Å². The van der Waals surface area contributed by atoms with Crippen LogP contribution in [0.2, 0.25) is 0 Å². The molecule has 0 spiro atoms. The number of halogens is 1. The Morgan fingerprint density at radius 1 is 1.13 bits per heavy atom. The second kappa shape index (κ2) is 9.42. The molecule has 0 saturated carbocycles. The molecule has 0 fully saturated rings. The smallest absolute Gasteiger partial charge is 0.183 e. The van der Waals surface area contributed by atoms with E-state index in [2.05, 4.69) is 9.97 Å². The first kappa shape index (κ1) is 21.2. The van der Waals surface area contributed by atoms with Gasteiger partial charge in [0.25, 0.3) is 0 Å². The number of nitrogen functional groups attached to an aromatic ring is 1. The molecule has 0 aliphatic heterocycles. The zero-order valence-electron chi connectivity index (χ0n) is 16.9. The van der Waals surface area contributed by atoms with Crippen LogP contribution in [-0.2, 0) is 11.3 Å². The van der Waals surface area contributed by atoms with Crippen molar-refractivity contribution < 1.29 is 13.9 Å². The Morgan fingerprint density at radius 3 is 2.74 bits per heavy atom. The lowest BCUT2D eigenvalue weighted by Crippen LogP contribution is -2.23. The van der Waals surface area contributed by atoms with Crippen LogP contribution in [0.25, 0.3) is 20.8 Å². The van der Waals surface area contributed by atoms with Gasteiger partial charge < -0.3 is 20.0 Å². The molecule has 156 valence electrons. The topological polar surface area (TPSA) is 73.5 Å². The fourth-order valence-electron chi connectivity index (χ4n) is 3.03.